The molecular formula is C28H38ClNO8S. The van der Waals surface area contributed by atoms with Crippen molar-refractivity contribution in [1.29, 1.82) is 0 Å². The predicted molar refractivity (Wildman–Crippen MR) is 147 cm³/mol. The quantitative estimate of drug-likeness (QED) is 0.254. The largest absolute Gasteiger partial charge is 0.494 e. The number of sulfonamides is 1. The SMILES string of the molecule is O=S(=O)(NCCCOc1ccc(Cc2cc([C@@H]3O[C@H](CO)[C@@H](O)[C@H](O)[C@H]3O)ccc2Cl)cc1)C1CCCCC1. The van der Waals surface area contributed by atoms with E-state index >= 15 is 0 Å². The van der Waals surface area contributed by atoms with Crippen molar-refractivity contribution in [3.63, 3.8) is 0 Å². The van der Waals surface area contributed by atoms with Gasteiger partial charge in [0, 0.05) is 11.6 Å². The minimum absolute atomic E-state index is 0.272. The highest BCUT2D eigenvalue weighted by atomic mass is 35.5. The molecule has 2 aliphatic rings. The average molecular weight is 584 g/mol. The number of benzene rings is 2. The van der Waals surface area contributed by atoms with E-state index in [1.807, 2.05) is 24.3 Å². The highest BCUT2D eigenvalue weighted by Gasteiger charge is 2.44. The Hall–Kier alpha value is -1.76. The second kappa shape index (κ2) is 13.7. The molecular weight excluding hydrogens is 546 g/mol. The summed E-state index contributed by atoms with van der Waals surface area (Å²) >= 11 is 6.43. The smallest absolute Gasteiger partial charge is 0.214 e. The summed E-state index contributed by atoms with van der Waals surface area (Å²) in [6.45, 7) is 0.242. The van der Waals surface area contributed by atoms with E-state index in [0.717, 1.165) is 43.2 Å². The van der Waals surface area contributed by atoms with Crippen LogP contribution in [-0.4, -0.2) is 78.3 Å². The molecule has 2 aromatic rings. The Balaban J connectivity index is 1.29. The molecule has 0 radical (unpaired) electrons. The molecule has 1 aliphatic carbocycles. The average Bonchev–Trinajstić information content (AvgIpc) is 2.94. The molecule has 216 valence electrons. The maximum Gasteiger partial charge on any atom is 0.214 e. The van der Waals surface area contributed by atoms with Crippen molar-refractivity contribution in [1.82, 2.24) is 4.72 Å². The normalized spacial score (nSPS) is 26.4. The molecule has 4 rings (SSSR count). The van der Waals surface area contributed by atoms with Crippen molar-refractivity contribution in [3.05, 3.63) is 64.2 Å². The lowest BCUT2D eigenvalue weighted by atomic mass is 9.90. The summed E-state index contributed by atoms with van der Waals surface area (Å²) in [6, 6.07) is 12.7. The summed E-state index contributed by atoms with van der Waals surface area (Å²) < 4.78 is 39.0. The zero-order chi connectivity index (χ0) is 28.0. The van der Waals surface area contributed by atoms with Crippen LogP contribution in [0.25, 0.3) is 0 Å². The van der Waals surface area contributed by atoms with Gasteiger partial charge in [0.2, 0.25) is 10.0 Å². The Morgan fingerprint density at radius 1 is 0.974 bits per heavy atom. The van der Waals surface area contributed by atoms with Crippen molar-refractivity contribution >= 4 is 21.6 Å². The first-order valence-electron chi connectivity index (χ1n) is 13.5. The van der Waals surface area contributed by atoms with Gasteiger partial charge in [0.1, 0.15) is 36.3 Å². The molecule has 0 unspecified atom stereocenters. The van der Waals surface area contributed by atoms with E-state index in [0.29, 0.717) is 42.3 Å². The van der Waals surface area contributed by atoms with Crippen LogP contribution in [0.5, 0.6) is 5.75 Å². The van der Waals surface area contributed by atoms with Gasteiger partial charge in [0.25, 0.3) is 0 Å². The number of ether oxygens (including phenoxy) is 2. The first-order chi connectivity index (χ1) is 18.7. The highest BCUT2D eigenvalue weighted by molar-refractivity contribution is 7.90. The number of aliphatic hydroxyl groups excluding tert-OH is 4. The molecule has 1 aliphatic heterocycles. The molecule has 0 bridgehead atoms. The molecule has 5 N–H and O–H groups in total. The Labute approximate surface area is 234 Å². The number of rotatable bonds is 11. The maximum absolute atomic E-state index is 12.4. The Morgan fingerprint density at radius 2 is 1.69 bits per heavy atom. The number of nitrogens with one attached hydrogen (secondary N) is 1. The van der Waals surface area contributed by atoms with Crippen molar-refractivity contribution in [3.8, 4) is 5.75 Å². The lowest BCUT2D eigenvalue weighted by Crippen LogP contribution is -2.55. The van der Waals surface area contributed by atoms with E-state index in [4.69, 9.17) is 21.1 Å². The van der Waals surface area contributed by atoms with Crippen LogP contribution in [0.1, 0.15) is 61.3 Å². The summed E-state index contributed by atoms with van der Waals surface area (Å²) in [6.07, 6.45) is -0.567. The molecule has 1 saturated heterocycles. The van der Waals surface area contributed by atoms with Gasteiger partial charge in [-0.15, -0.1) is 0 Å². The Bertz CT molecular complexity index is 1170. The molecule has 0 spiro atoms. The highest BCUT2D eigenvalue weighted by Crippen LogP contribution is 2.34. The summed E-state index contributed by atoms with van der Waals surface area (Å²) in [4.78, 5) is 0. The standard InChI is InChI=1S/C28H38ClNO8S/c29-23-12-9-19(28-27(34)26(33)25(32)24(17-31)38-28)16-20(23)15-18-7-10-21(11-8-18)37-14-4-13-30-39(35,36)22-5-2-1-3-6-22/h7-12,16,22,24-28,30-34H,1-6,13-15,17H2/t24-,25-,26+,27-,28+/m1/s1. The van der Waals surface area contributed by atoms with Crippen LogP contribution in [0.3, 0.4) is 0 Å². The maximum atomic E-state index is 12.4. The third-order valence-corrected chi connectivity index (χ3v) is 9.82. The van der Waals surface area contributed by atoms with Crippen molar-refractivity contribution in [2.75, 3.05) is 19.8 Å². The molecule has 9 nitrogen and oxygen atoms in total. The van der Waals surface area contributed by atoms with Gasteiger partial charge in [0.05, 0.1) is 18.5 Å². The van der Waals surface area contributed by atoms with Crippen molar-refractivity contribution in [2.24, 2.45) is 0 Å². The minimum Gasteiger partial charge on any atom is -0.494 e. The molecule has 1 heterocycles. The van der Waals surface area contributed by atoms with Crippen LogP contribution in [0.15, 0.2) is 42.5 Å². The van der Waals surface area contributed by atoms with Crippen LogP contribution in [0, 0.1) is 0 Å². The second-order valence-electron chi connectivity index (χ2n) is 10.3. The van der Waals surface area contributed by atoms with Gasteiger partial charge in [-0.2, -0.15) is 0 Å². The van der Waals surface area contributed by atoms with Gasteiger partial charge in [-0.1, -0.05) is 55.1 Å². The minimum atomic E-state index is -3.26. The molecule has 11 heteroatoms. The summed E-state index contributed by atoms with van der Waals surface area (Å²) in [7, 11) is -3.26. The van der Waals surface area contributed by atoms with Crippen LogP contribution >= 0.6 is 11.6 Å². The predicted octanol–water partition coefficient (Wildman–Crippen LogP) is 2.47. The topological polar surface area (TPSA) is 146 Å². The van der Waals surface area contributed by atoms with E-state index < -0.39 is 47.2 Å². The van der Waals surface area contributed by atoms with Gasteiger partial charge in [-0.05, 0) is 60.6 Å². The van der Waals surface area contributed by atoms with Crippen molar-refractivity contribution < 1.29 is 38.3 Å². The van der Waals surface area contributed by atoms with Crippen LogP contribution in [0.4, 0.5) is 0 Å². The first kappa shape index (κ1) is 30.2. The van der Waals surface area contributed by atoms with Crippen LogP contribution in [-0.2, 0) is 21.2 Å². The van der Waals surface area contributed by atoms with Crippen molar-refractivity contribution in [2.45, 2.75) is 80.7 Å². The van der Waals surface area contributed by atoms with E-state index in [1.165, 1.54) is 0 Å². The third-order valence-electron chi connectivity index (χ3n) is 7.49. The number of aliphatic hydroxyl groups is 4. The van der Waals surface area contributed by atoms with Crippen LogP contribution < -0.4 is 9.46 Å². The summed E-state index contributed by atoms with van der Waals surface area (Å²) in [5.41, 5.74) is 2.32. The zero-order valence-electron chi connectivity index (χ0n) is 21.8. The molecule has 0 amide bonds. The first-order valence-corrected chi connectivity index (χ1v) is 15.4. The van der Waals surface area contributed by atoms with Gasteiger partial charge in [0.15, 0.2) is 0 Å². The number of halogens is 1. The van der Waals surface area contributed by atoms with E-state index in [2.05, 4.69) is 4.72 Å². The summed E-state index contributed by atoms with van der Waals surface area (Å²) in [5.74, 6) is 0.676. The molecule has 39 heavy (non-hydrogen) atoms. The zero-order valence-corrected chi connectivity index (χ0v) is 23.4. The van der Waals surface area contributed by atoms with E-state index in [9.17, 15) is 28.8 Å². The van der Waals surface area contributed by atoms with Gasteiger partial charge >= 0.3 is 0 Å². The fourth-order valence-corrected chi connectivity index (χ4v) is 6.98. The lowest BCUT2D eigenvalue weighted by molar-refractivity contribution is -0.231. The fraction of sp³-hybridized carbons (Fsp3) is 0.571. The van der Waals surface area contributed by atoms with Gasteiger partial charge in [-0.25, -0.2) is 13.1 Å². The van der Waals surface area contributed by atoms with E-state index in [-0.39, 0.29) is 5.25 Å². The lowest BCUT2D eigenvalue weighted by Gasteiger charge is -2.40. The van der Waals surface area contributed by atoms with E-state index in [1.54, 1.807) is 18.2 Å². The van der Waals surface area contributed by atoms with Gasteiger partial charge < -0.3 is 29.9 Å². The monoisotopic (exact) mass is 583 g/mol. The number of hydrogen-bond acceptors (Lipinski definition) is 8. The molecule has 0 aromatic heterocycles. The Morgan fingerprint density at radius 3 is 2.38 bits per heavy atom. The van der Waals surface area contributed by atoms with Crippen LogP contribution in [0.2, 0.25) is 5.02 Å². The molecule has 1 saturated carbocycles. The van der Waals surface area contributed by atoms with Gasteiger partial charge in [-0.3, -0.25) is 0 Å². The fourth-order valence-electron chi connectivity index (χ4n) is 5.18. The molecule has 2 fully saturated rings. The second-order valence-corrected chi connectivity index (χ2v) is 12.8. The molecule has 2 aromatic carbocycles. The third kappa shape index (κ3) is 7.71. The number of hydrogen-bond donors (Lipinski definition) is 5. The molecule has 5 atom stereocenters. The Kier molecular flexibility index (Phi) is 10.6. The summed E-state index contributed by atoms with van der Waals surface area (Å²) in [5, 5.41) is 40.4.